The molecule has 94 valence electrons. The lowest BCUT2D eigenvalue weighted by atomic mass is 9.91. The van der Waals surface area contributed by atoms with Gasteiger partial charge in [0.2, 0.25) is 0 Å². The summed E-state index contributed by atoms with van der Waals surface area (Å²) < 4.78 is 50.9. The number of ketones is 1. The number of carbonyl (C=O) groups excluding carboxylic acids is 1. The molecule has 1 rings (SSSR count). The minimum Gasteiger partial charge on any atom is -0.311 e. The minimum atomic E-state index is -4.95. The standard InChI is InChI=1S/C10H8BrF4NO/c1-9(16,10(13,14)15)8(17)5-3-2-4-6(11)7(5)12/h2-4H,16H2,1H3. The molecule has 1 atom stereocenters. The zero-order valence-electron chi connectivity index (χ0n) is 8.61. The molecule has 0 spiro atoms. The van der Waals surface area contributed by atoms with Crippen molar-refractivity contribution in [2.75, 3.05) is 0 Å². The molecule has 7 heteroatoms. The number of hydrogen-bond acceptors (Lipinski definition) is 2. The molecular weight excluding hydrogens is 306 g/mol. The Bertz CT molecular complexity index is 456. The third-order valence-electron chi connectivity index (χ3n) is 2.26. The van der Waals surface area contributed by atoms with E-state index >= 15 is 0 Å². The number of alkyl halides is 3. The Morgan fingerprint density at radius 2 is 1.88 bits per heavy atom. The molecule has 0 aromatic heterocycles. The van der Waals surface area contributed by atoms with Crippen LogP contribution in [0.15, 0.2) is 22.7 Å². The second-order valence-electron chi connectivity index (χ2n) is 3.63. The van der Waals surface area contributed by atoms with Crippen LogP contribution in [0.1, 0.15) is 17.3 Å². The Morgan fingerprint density at radius 1 is 1.35 bits per heavy atom. The number of hydrogen-bond donors (Lipinski definition) is 1. The van der Waals surface area contributed by atoms with Gasteiger partial charge in [0.15, 0.2) is 11.3 Å². The number of nitrogens with two attached hydrogens (primary N) is 1. The van der Waals surface area contributed by atoms with E-state index in [0.717, 1.165) is 6.07 Å². The quantitative estimate of drug-likeness (QED) is 0.673. The number of halogens is 5. The first-order chi connectivity index (χ1) is 7.59. The van der Waals surface area contributed by atoms with E-state index < -0.39 is 28.9 Å². The van der Waals surface area contributed by atoms with Crippen molar-refractivity contribution < 1.29 is 22.4 Å². The highest BCUT2D eigenvalue weighted by molar-refractivity contribution is 9.10. The van der Waals surface area contributed by atoms with Crippen LogP contribution in [0.25, 0.3) is 0 Å². The summed E-state index contributed by atoms with van der Waals surface area (Å²) in [7, 11) is 0. The van der Waals surface area contributed by atoms with E-state index in [2.05, 4.69) is 15.9 Å². The second kappa shape index (κ2) is 4.38. The molecule has 0 saturated carbocycles. The van der Waals surface area contributed by atoms with Gasteiger partial charge in [0.25, 0.3) is 0 Å². The highest BCUT2D eigenvalue weighted by Gasteiger charge is 2.54. The monoisotopic (exact) mass is 313 g/mol. The summed E-state index contributed by atoms with van der Waals surface area (Å²) in [5.41, 5.74) is 1.12. The van der Waals surface area contributed by atoms with Gasteiger partial charge in [-0.15, -0.1) is 0 Å². The first kappa shape index (κ1) is 14.1. The molecule has 2 N–H and O–H groups in total. The van der Waals surface area contributed by atoms with Crippen molar-refractivity contribution in [2.45, 2.75) is 18.6 Å². The molecule has 1 aromatic rings. The molecule has 0 bridgehead atoms. The number of Topliss-reactive ketones (excluding diaryl/α,β-unsaturated/α-hetero) is 1. The van der Waals surface area contributed by atoms with Gasteiger partial charge >= 0.3 is 6.18 Å². The van der Waals surface area contributed by atoms with Gasteiger partial charge in [-0.2, -0.15) is 13.2 Å². The van der Waals surface area contributed by atoms with E-state index in [1.165, 1.54) is 12.1 Å². The summed E-state index contributed by atoms with van der Waals surface area (Å²) in [5.74, 6) is -2.57. The topological polar surface area (TPSA) is 43.1 Å². The fourth-order valence-corrected chi connectivity index (χ4v) is 1.45. The fraction of sp³-hybridized carbons (Fsp3) is 0.300. The van der Waals surface area contributed by atoms with Gasteiger partial charge < -0.3 is 5.73 Å². The van der Waals surface area contributed by atoms with Crippen molar-refractivity contribution in [3.05, 3.63) is 34.1 Å². The normalized spacial score (nSPS) is 15.5. The summed E-state index contributed by atoms with van der Waals surface area (Å²) >= 11 is 2.78. The Hall–Kier alpha value is -0.950. The molecule has 17 heavy (non-hydrogen) atoms. The van der Waals surface area contributed by atoms with Crippen LogP contribution in [0.5, 0.6) is 0 Å². The molecule has 0 amide bonds. The van der Waals surface area contributed by atoms with Crippen LogP contribution in [0.2, 0.25) is 0 Å². The number of rotatable bonds is 2. The van der Waals surface area contributed by atoms with Gasteiger partial charge in [0, 0.05) is 0 Å². The maximum Gasteiger partial charge on any atom is 0.413 e. The van der Waals surface area contributed by atoms with E-state index in [0.29, 0.717) is 6.92 Å². The molecule has 2 nitrogen and oxygen atoms in total. The van der Waals surface area contributed by atoms with Crippen molar-refractivity contribution in [3.63, 3.8) is 0 Å². The lowest BCUT2D eigenvalue weighted by Gasteiger charge is -2.26. The summed E-state index contributed by atoms with van der Waals surface area (Å²) in [6, 6.07) is 3.49. The number of benzene rings is 1. The van der Waals surface area contributed by atoms with Crippen molar-refractivity contribution in [2.24, 2.45) is 5.73 Å². The molecule has 0 heterocycles. The van der Waals surface area contributed by atoms with Crippen LogP contribution < -0.4 is 5.73 Å². The Labute approximate surface area is 103 Å². The summed E-state index contributed by atoms with van der Waals surface area (Å²) in [6.45, 7) is 0.510. The van der Waals surface area contributed by atoms with Crippen molar-refractivity contribution in [3.8, 4) is 0 Å². The molecule has 0 aliphatic rings. The number of carbonyl (C=O) groups is 1. The van der Waals surface area contributed by atoms with Gasteiger partial charge in [0.1, 0.15) is 5.82 Å². The van der Waals surface area contributed by atoms with Crippen molar-refractivity contribution in [1.82, 2.24) is 0 Å². The summed E-state index contributed by atoms with van der Waals surface area (Å²) in [4.78, 5) is 11.6. The predicted molar refractivity (Wildman–Crippen MR) is 57.1 cm³/mol. The van der Waals surface area contributed by atoms with Crippen LogP contribution in [-0.4, -0.2) is 17.5 Å². The molecule has 0 radical (unpaired) electrons. The highest BCUT2D eigenvalue weighted by Crippen LogP contribution is 2.32. The van der Waals surface area contributed by atoms with Gasteiger partial charge in [-0.05, 0) is 35.0 Å². The molecule has 1 unspecified atom stereocenters. The maximum atomic E-state index is 13.5. The maximum absolute atomic E-state index is 13.5. The van der Waals surface area contributed by atoms with Gasteiger partial charge in [-0.3, -0.25) is 4.79 Å². The SMILES string of the molecule is CC(N)(C(=O)c1cccc(Br)c1F)C(F)(F)F. The zero-order chi connectivity index (χ0) is 13.4. The van der Waals surface area contributed by atoms with Crippen LogP contribution >= 0.6 is 15.9 Å². The Balaban J connectivity index is 3.27. The van der Waals surface area contributed by atoms with E-state index in [4.69, 9.17) is 5.73 Å². The highest BCUT2D eigenvalue weighted by atomic mass is 79.9. The van der Waals surface area contributed by atoms with Crippen LogP contribution in [0, 0.1) is 5.82 Å². The van der Waals surface area contributed by atoms with E-state index in [-0.39, 0.29) is 4.47 Å². The molecule has 0 fully saturated rings. The Kier molecular flexibility index (Phi) is 3.63. The first-order valence-corrected chi connectivity index (χ1v) is 5.22. The zero-order valence-corrected chi connectivity index (χ0v) is 10.2. The average molecular weight is 314 g/mol. The lowest BCUT2D eigenvalue weighted by molar-refractivity contribution is -0.165. The average Bonchev–Trinajstić information content (AvgIpc) is 2.19. The van der Waals surface area contributed by atoms with Gasteiger partial charge in [-0.1, -0.05) is 6.07 Å². The van der Waals surface area contributed by atoms with E-state index in [1.807, 2.05) is 0 Å². The Morgan fingerprint density at radius 3 is 2.35 bits per heavy atom. The van der Waals surface area contributed by atoms with Crippen molar-refractivity contribution in [1.29, 1.82) is 0 Å². The molecule has 0 aliphatic heterocycles. The third kappa shape index (κ3) is 2.50. The molecule has 1 aromatic carbocycles. The minimum absolute atomic E-state index is 0.0960. The lowest BCUT2D eigenvalue weighted by Crippen LogP contribution is -2.57. The van der Waals surface area contributed by atoms with Crippen molar-refractivity contribution >= 4 is 21.7 Å². The molecular formula is C10H8BrF4NO. The molecule has 0 saturated heterocycles. The third-order valence-corrected chi connectivity index (χ3v) is 2.87. The van der Waals surface area contributed by atoms with Crippen LogP contribution in [0.4, 0.5) is 17.6 Å². The van der Waals surface area contributed by atoms with Gasteiger partial charge in [0.05, 0.1) is 10.0 Å². The first-order valence-electron chi connectivity index (χ1n) is 4.43. The summed E-state index contributed by atoms with van der Waals surface area (Å²) in [6.07, 6.45) is -4.95. The second-order valence-corrected chi connectivity index (χ2v) is 4.48. The largest absolute Gasteiger partial charge is 0.413 e. The van der Waals surface area contributed by atoms with Gasteiger partial charge in [-0.25, -0.2) is 4.39 Å². The smallest absolute Gasteiger partial charge is 0.311 e. The van der Waals surface area contributed by atoms with Crippen LogP contribution in [0.3, 0.4) is 0 Å². The van der Waals surface area contributed by atoms with E-state index in [9.17, 15) is 22.4 Å². The van der Waals surface area contributed by atoms with E-state index in [1.54, 1.807) is 0 Å². The molecule has 0 aliphatic carbocycles. The summed E-state index contributed by atoms with van der Waals surface area (Å²) in [5, 5.41) is 0. The fourth-order valence-electron chi connectivity index (χ4n) is 1.09. The predicted octanol–water partition coefficient (Wildman–Crippen LogP) is 3.05. The van der Waals surface area contributed by atoms with Crippen LogP contribution in [-0.2, 0) is 0 Å².